The molecule has 2 unspecified atom stereocenters. The molecule has 0 bridgehead atoms. The van der Waals surface area contributed by atoms with Crippen LogP contribution in [0.2, 0.25) is 0 Å². The van der Waals surface area contributed by atoms with E-state index in [0.717, 1.165) is 40.5 Å². The molecule has 0 spiro atoms. The van der Waals surface area contributed by atoms with E-state index in [4.69, 9.17) is 19.0 Å². The molecule has 3 aromatic rings. The summed E-state index contributed by atoms with van der Waals surface area (Å²) < 4.78 is 17.2. The molecule has 0 saturated carbocycles. The number of nitrogens with zero attached hydrogens (tertiary/aromatic N) is 2. The highest BCUT2D eigenvalue weighted by Crippen LogP contribution is 2.47. The molecule has 2 atom stereocenters. The van der Waals surface area contributed by atoms with E-state index in [2.05, 4.69) is 6.07 Å². The molecule has 0 amide bonds. The monoisotopic (exact) mass is 346 g/mol. The topological polar surface area (TPSA) is 47.2 Å². The van der Waals surface area contributed by atoms with Crippen molar-refractivity contribution in [2.24, 2.45) is 5.10 Å². The second-order valence-electron chi connectivity index (χ2n) is 6.41. The van der Waals surface area contributed by atoms with Crippen molar-refractivity contribution in [3.8, 4) is 11.5 Å². The van der Waals surface area contributed by atoms with Crippen molar-refractivity contribution in [2.75, 3.05) is 7.11 Å². The fourth-order valence-corrected chi connectivity index (χ4v) is 3.61. The third-order valence-corrected chi connectivity index (χ3v) is 4.91. The van der Waals surface area contributed by atoms with Gasteiger partial charge < -0.3 is 13.9 Å². The number of fused-ring (bicyclic) bond motifs is 3. The van der Waals surface area contributed by atoms with E-state index < -0.39 is 0 Å². The predicted molar refractivity (Wildman–Crippen MR) is 97.2 cm³/mol. The van der Waals surface area contributed by atoms with E-state index >= 15 is 0 Å². The molecule has 5 rings (SSSR count). The van der Waals surface area contributed by atoms with Crippen LogP contribution in [0.4, 0.5) is 0 Å². The average molecular weight is 346 g/mol. The lowest BCUT2D eigenvalue weighted by Crippen LogP contribution is -2.33. The van der Waals surface area contributed by atoms with E-state index in [1.165, 1.54) is 0 Å². The number of methoxy groups -OCH3 is 1. The van der Waals surface area contributed by atoms with Crippen molar-refractivity contribution in [3.63, 3.8) is 0 Å². The molecule has 2 aliphatic rings. The summed E-state index contributed by atoms with van der Waals surface area (Å²) in [7, 11) is 1.67. The van der Waals surface area contributed by atoms with E-state index in [1.54, 1.807) is 13.4 Å². The van der Waals surface area contributed by atoms with Crippen molar-refractivity contribution >= 4 is 5.71 Å². The van der Waals surface area contributed by atoms with Crippen LogP contribution in [0.5, 0.6) is 11.5 Å². The molecule has 0 saturated heterocycles. The van der Waals surface area contributed by atoms with Gasteiger partial charge in [-0.15, -0.1) is 0 Å². The van der Waals surface area contributed by atoms with Gasteiger partial charge in [-0.05, 0) is 42.5 Å². The first kappa shape index (κ1) is 15.1. The van der Waals surface area contributed by atoms with Crippen LogP contribution in [0.25, 0.3) is 0 Å². The summed E-state index contributed by atoms with van der Waals surface area (Å²) in [5.74, 6) is 2.54. The molecular weight excluding hydrogens is 328 g/mol. The zero-order chi connectivity index (χ0) is 17.5. The van der Waals surface area contributed by atoms with E-state index in [9.17, 15) is 0 Å². The maximum atomic E-state index is 6.32. The van der Waals surface area contributed by atoms with Gasteiger partial charge in [0, 0.05) is 17.5 Å². The highest BCUT2D eigenvalue weighted by molar-refractivity contribution is 5.99. The maximum absolute atomic E-state index is 6.32. The van der Waals surface area contributed by atoms with Crippen LogP contribution in [-0.2, 0) is 0 Å². The third kappa shape index (κ3) is 2.36. The molecule has 2 aromatic carbocycles. The minimum absolute atomic E-state index is 0.132. The predicted octanol–water partition coefficient (Wildman–Crippen LogP) is 4.53. The highest BCUT2D eigenvalue weighted by Gasteiger charge is 2.41. The first-order valence-corrected chi connectivity index (χ1v) is 8.63. The zero-order valence-electron chi connectivity index (χ0n) is 14.3. The van der Waals surface area contributed by atoms with Gasteiger partial charge in [-0.2, -0.15) is 5.10 Å². The van der Waals surface area contributed by atoms with E-state index in [0.29, 0.717) is 0 Å². The number of hydrazone groups is 1. The Labute approximate surface area is 151 Å². The summed E-state index contributed by atoms with van der Waals surface area (Å²) in [6.45, 7) is 0. The molecule has 0 aliphatic carbocycles. The Balaban J connectivity index is 1.58. The SMILES string of the molecule is COc1ccc(C2Oc3ccccc3C3CC(c4ccco4)=NN32)cc1. The van der Waals surface area contributed by atoms with Crippen LogP contribution in [-0.4, -0.2) is 17.8 Å². The summed E-state index contributed by atoms with van der Waals surface area (Å²) in [5, 5.41) is 6.90. The Morgan fingerprint density at radius 2 is 1.88 bits per heavy atom. The quantitative estimate of drug-likeness (QED) is 0.699. The smallest absolute Gasteiger partial charge is 0.213 e. The zero-order valence-corrected chi connectivity index (χ0v) is 14.3. The highest BCUT2D eigenvalue weighted by atomic mass is 16.5. The Morgan fingerprint density at radius 1 is 1.04 bits per heavy atom. The van der Waals surface area contributed by atoms with Crippen LogP contribution < -0.4 is 9.47 Å². The molecule has 0 radical (unpaired) electrons. The standard InChI is InChI=1S/C21H18N2O3/c1-24-15-10-8-14(9-11-15)21-23-18(16-5-2-3-6-19(16)26-21)13-17(22-23)20-7-4-12-25-20/h2-12,18,21H,13H2,1H3. The van der Waals surface area contributed by atoms with Crippen molar-refractivity contribution in [3.05, 3.63) is 83.8 Å². The summed E-state index contributed by atoms with van der Waals surface area (Å²) >= 11 is 0. The lowest BCUT2D eigenvalue weighted by Gasteiger charge is -2.38. The van der Waals surface area contributed by atoms with Crippen LogP contribution in [0, 0.1) is 0 Å². The first-order chi connectivity index (χ1) is 12.8. The summed E-state index contributed by atoms with van der Waals surface area (Å²) in [6, 6.07) is 20.1. The first-order valence-electron chi connectivity index (χ1n) is 8.63. The number of ether oxygens (including phenoxy) is 2. The summed E-state index contributed by atoms with van der Waals surface area (Å²) in [6.07, 6.45) is 2.19. The maximum Gasteiger partial charge on any atom is 0.213 e. The summed E-state index contributed by atoms with van der Waals surface area (Å²) in [4.78, 5) is 0. The minimum atomic E-state index is -0.284. The average Bonchev–Trinajstić information content (AvgIpc) is 3.37. The van der Waals surface area contributed by atoms with Gasteiger partial charge in [0.25, 0.3) is 0 Å². The van der Waals surface area contributed by atoms with Gasteiger partial charge in [-0.3, -0.25) is 0 Å². The van der Waals surface area contributed by atoms with Crippen LogP contribution in [0.3, 0.4) is 0 Å². The molecule has 130 valence electrons. The molecule has 1 aromatic heterocycles. The lowest BCUT2D eigenvalue weighted by atomic mass is 9.97. The van der Waals surface area contributed by atoms with Gasteiger partial charge in [-0.1, -0.05) is 18.2 Å². The number of benzene rings is 2. The van der Waals surface area contributed by atoms with Gasteiger partial charge in [-0.25, -0.2) is 5.01 Å². The van der Waals surface area contributed by atoms with Gasteiger partial charge in [0.15, 0.2) is 0 Å². The molecule has 5 nitrogen and oxygen atoms in total. The van der Waals surface area contributed by atoms with Crippen LogP contribution >= 0.6 is 0 Å². The molecule has 3 heterocycles. The number of rotatable bonds is 3. The lowest BCUT2D eigenvalue weighted by molar-refractivity contribution is -0.0190. The molecule has 26 heavy (non-hydrogen) atoms. The normalized spacial score (nSPS) is 20.8. The van der Waals surface area contributed by atoms with Gasteiger partial charge in [0.1, 0.15) is 23.0 Å². The minimum Gasteiger partial charge on any atom is -0.497 e. The van der Waals surface area contributed by atoms with Gasteiger partial charge in [0.05, 0.1) is 19.4 Å². The molecule has 0 N–H and O–H groups in total. The third-order valence-electron chi connectivity index (χ3n) is 4.91. The van der Waals surface area contributed by atoms with E-state index in [-0.39, 0.29) is 12.3 Å². The van der Waals surface area contributed by atoms with Crippen LogP contribution in [0.15, 0.2) is 76.4 Å². The summed E-state index contributed by atoms with van der Waals surface area (Å²) in [5.41, 5.74) is 3.14. The van der Waals surface area contributed by atoms with Crippen LogP contribution in [0.1, 0.15) is 35.6 Å². The second kappa shape index (κ2) is 5.95. The fraction of sp³-hybridized carbons (Fsp3) is 0.190. The number of hydrogen-bond acceptors (Lipinski definition) is 5. The van der Waals surface area contributed by atoms with Crippen molar-refractivity contribution in [2.45, 2.75) is 18.7 Å². The second-order valence-corrected chi connectivity index (χ2v) is 6.41. The Hall–Kier alpha value is -3.21. The Kier molecular flexibility index (Phi) is 3.45. The Morgan fingerprint density at radius 3 is 2.65 bits per heavy atom. The molecule has 2 aliphatic heterocycles. The molecule has 0 fully saturated rings. The van der Waals surface area contributed by atoms with Crippen molar-refractivity contribution in [1.82, 2.24) is 5.01 Å². The number of furan rings is 1. The number of para-hydroxylation sites is 1. The molecule has 5 heteroatoms. The van der Waals surface area contributed by atoms with Crippen molar-refractivity contribution < 1.29 is 13.9 Å². The van der Waals surface area contributed by atoms with Crippen molar-refractivity contribution in [1.29, 1.82) is 0 Å². The van der Waals surface area contributed by atoms with Gasteiger partial charge >= 0.3 is 0 Å². The fourth-order valence-electron chi connectivity index (χ4n) is 3.61. The molecular formula is C21H18N2O3. The largest absolute Gasteiger partial charge is 0.497 e. The van der Waals surface area contributed by atoms with E-state index in [1.807, 2.05) is 59.6 Å². The number of hydrogen-bond donors (Lipinski definition) is 0. The Bertz CT molecular complexity index is 948. The van der Waals surface area contributed by atoms with Gasteiger partial charge in [0.2, 0.25) is 6.23 Å².